The van der Waals surface area contributed by atoms with Crippen molar-refractivity contribution in [1.82, 2.24) is 4.90 Å². The molecule has 1 saturated heterocycles. The largest absolute Gasteiger partial charge is 0.493 e. The molecule has 1 aromatic carbocycles. The number of ether oxygens (including phenoxy) is 2. The van der Waals surface area contributed by atoms with Gasteiger partial charge >= 0.3 is 0 Å². The molecule has 0 spiro atoms. The fourth-order valence-electron chi connectivity index (χ4n) is 2.50. The Morgan fingerprint density at radius 1 is 1.24 bits per heavy atom. The zero-order valence-electron chi connectivity index (χ0n) is 13.3. The maximum absolute atomic E-state index is 12.5. The predicted octanol–water partition coefficient (Wildman–Crippen LogP) is 2.61. The molecule has 0 unspecified atom stereocenters. The molecule has 0 bridgehead atoms. The van der Waals surface area contributed by atoms with Crippen LogP contribution >= 0.6 is 0 Å². The standard InChI is InChI=1S/C17H25NO3/c1-4-21-17-12-14(3)13(2)11-15(17)16(19)5-6-18-7-9-20-10-8-18/h11-12H,4-10H2,1-3H3. The summed E-state index contributed by atoms with van der Waals surface area (Å²) in [4.78, 5) is 14.8. The van der Waals surface area contributed by atoms with Gasteiger partial charge in [0.1, 0.15) is 5.75 Å². The molecular formula is C17H25NO3. The van der Waals surface area contributed by atoms with Crippen LogP contribution < -0.4 is 4.74 Å². The molecule has 2 rings (SSSR count). The third-order valence-corrected chi connectivity index (χ3v) is 3.95. The summed E-state index contributed by atoms with van der Waals surface area (Å²) in [6.07, 6.45) is 0.530. The number of Topliss-reactive ketones (excluding diaryl/α,β-unsaturated/α-hetero) is 1. The van der Waals surface area contributed by atoms with E-state index in [2.05, 4.69) is 4.90 Å². The van der Waals surface area contributed by atoms with Gasteiger partial charge in [-0.15, -0.1) is 0 Å². The summed E-state index contributed by atoms with van der Waals surface area (Å²) in [5.41, 5.74) is 3.00. The second-order valence-corrected chi connectivity index (χ2v) is 5.49. The highest BCUT2D eigenvalue weighted by Gasteiger charge is 2.17. The Balaban J connectivity index is 2.04. The summed E-state index contributed by atoms with van der Waals surface area (Å²) in [6.45, 7) is 10.7. The molecule has 0 saturated carbocycles. The molecule has 4 nitrogen and oxygen atoms in total. The molecule has 0 atom stereocenters. The van der Waals surface area contributed by atoms with E-state index in [9.17, 15) is 4.79 Å². The van der Waals surface area contributed by atoms with Crippen LogP contribution in [0.1, 0.15) is 34.8 Å². The van der Waals surface area contributed by atoms with Gasteiger partial charge in [0.15, 0.2) is 5.78 Å². The minimum absolute atomic E-state index is 0.160. The minimum atomic E-state index is 0.160. The summed E-state index contributed by atoms with van der Waals surface area (Å²) in [5, 5.41) is 0. The highest BCUT2D eigenvalue weighted by atomic mass is 16.5. The van der Waals surface area contributed by atoms with Crippen molar-refractivity contribution in [1.29, 1.82) is 0 Å². The Kier molecular flexibility index (Phi) is 5.76. The fraction of sp³-hybridized carbons (Fsp3) is 0.588. The van der Waals surface area contributed by atoms with E-state index in [0.717, 1.165) is 44.0 Å². The van der Waals surface area contributed by atoms with E-state index in [0.29, 0.717) is 24.3 Å². The average molecular weight is 291 g/mol. The molecule has 0 radical (unpaired) electrons. The number of carbonyl (C=O) groups is 1. The number of rotatable bonds is 6. The van der Waals surface area contributed by atoms with Gasteiger partial charge < -0.3 is 9.47 Å². The second-order valence-electron chi connectivity index (χ2n) is 5.49. The highest BCUT2D eigenvalue weighted by molar-refractivity contribution is 5.99. The van der Waals surface area contributed by atoms with Gasteiger partial charge in [-0.1, -0.05) is 0 Å². The van der Waals surface area contributed by atoms with E-state index in [1.807, 2.05) is 32.9 Å². The fourth-order valence-corrected chi connectivity index (χ4v) is 2.50. The average Bonchev–Trinajstić information content (AvgIpc) is 2.49. The first kappa shape index (κ1) is 16.0. The van der Waals surface area contributed by atoms with Crippen molar-refractivity contribution >= 4 is 5.78 Å². The molecule has 0 amide bonds. The number of ketones is 1. The van der Waals surface area contributed by atoms with Crippen LogP contribution in [0.25, 0.3) is 0 Å². The summed E-state index contributed by atoms with van der Waals surface area (Å²) in [7, 11) is 0. The predicted molar refractivity (Wildman–Crippen MR) is 83.3 cm³/mol. The lowest BCUT2D eigenvalue weighted by Gasteiger charge is -2.26. The lowest BCUT2D eigenvalue weighted by atomic mass is 10.0. The van der Waals surface area contributed by atoms with Gasteiger partial charge in [0, 0.05) is 26.1 Å². The van der Waals surface area contributed by atoms with Crippen LogP contribution in [0.15, 0.2) is 12.1 Å². The number of benzene rings is 1. The number of aryl methyl sites for hydroxylation is 2. The minimum Gasteiger partial charge on any atom is -0.493 e. The van der Waals surface area contributed by atoms with Gasteiger partial charge in [0.25, 0.3) is 0 Å². The van der Waals surface area contributed by atoms with Crippen LogP contribution in [-0.2, 0) is 4.74 Å². The first-order chi connectivity index (χ1) is 10.1. The molecule has 0 aromatic heterocycles. The van der Waals surface area contributed by atoms with Gasteiger partial charge in [-0.25, -0.2) is 0 Å². The van der Waals surface area contributed by atoms with Crippen molar-refractivity contribution < 1.29 is 14.3 Å². The molecule has 4 heteroatoms. The highest BCUT2D eigenvalue weighted by Crippen LogP contribution is 2.25. The Hall–Kier alpha value is -1.39. The SMILES string of the molecule is CCOc1cc(C)c(C)cc1C(=O)CCN1CCOCC1. The molecule has 21 heavy (non-hydrogen) atoms. The molecule has 116 valence electrons. The smallest absolute Gasteiger partial charge is 0.167 e. The van der Waals surface area contributed by atoms with Crippen molar-refractivity contribution in [2.75, 3.05) is 39.5 Å². The molecule has 1 aliphatic heterocycles. The zero-order chi connectivity index (χ0) is 15.2. The van der Waals surface area contributed by atoms with E-state index in [4.69, 9.17) is 9.47 Å². The van der Waals surface area contributed by atoms with Gasteiger partial charge in [-0.2, -0.15) is 0 Å². The maximum atomic E-state index is 12.5. The number of carbonyl (C=O) groups excluding carboxylic acids is 1. The maximum Gasteiger partial charge on any atom is 0.167 e. The molecule has 1 fully saturated rings. The monoisotopic (exact) mass is 291 g/mol. The van der Waals surface area contributed by atoms with Crippen molar-refractivity contribution in [3.8, 4) is 5.75 Å². The molecular weight excluding hydrogens is 266 g/mol. The number of hydrogen-bond acceptors (Lipinski definition) is 4. The third-order valence-electron chi connectivity index (χ3n) is 3.95. The van der Waals surface area contributed by atoms with Gasteiger partial charge in [-0.05, 0) is 44.0 Å². The van der Waals surface area contributed by atoms with E-state index in [-0.39, 0.29) is 5.78 Å². The summed E-state index contributed by atoms with van der Waals surface area (Å²) in [5.74, 6) is 0.876. The summed E-state index contributed by atoms with van der Waals surface area (Å²) < 4.78 is 11.0. The van der Waals surface area contributed by atoms with Crippen molar-refractivity contribution in [3.63, 3.8) is 0 Å². The number of morpholine rings is 1. The first-order valence-corrected chi connectivity index (χ1v) is 7.69. The normalized spacial score (nSPS) is 16.0. The van der Waals surface area contributed by atoms with Gasteiger partial charge in [0.05, 0.1) is 25.4 Å². The van der Waals surface area contributed by atoms with E-state index in [1.54, 1.807) is 0 Å². The van der Waals surface area contributed by atoms with Crippen LogP contribution in [0.4, 0.5) is 0 Å². The molecule has 1 aromatic rings. The zero-order valence-corrected chi connectivity index (χ0v) is 13.3. The van der Waals surface area contributed by atoms with Crippen LogP contribution in [0.2, 0.25) is 0 Å². The quantitative estimate of drug-likeness (QED) is 0.755. The van der Waals surface area contributed by atoms with Crippen LogP contribution in [-0.4, -0.2) is 50.1 Å². The van der Waals surface area contributed by atoms with Crippen LogP contribution in [0.3, 0.4) is 0 Å². The third kappa shape index (κ3) is 4.29. The summed E-state index contributed by atoms with van der Waals surface area (Å²) >= 11 is 0. The lowest BCUT2D eigenvalue weighted by molar-refractivity contribution is 0.0370. The van der Waals surface area contributed by atoms with E-state index in [1.165, 1.54) is 0 Å². The number of nitrogens with zero attached hydrogens (tertiary/aromatic N) is 1. The second kappa shape index (κ2) is 7.57. The van der Waals surface area contributed by atoms with Crippen molar-refractivity contribution in [2.45, 2.75) is 27.2 Å². The van der Waals surface area contributed by atoms with Gasteiger partial charge in [0.2, 0.25) is 0 Å². The lowest BCUT2D eigenvalue weighted by Crippen LogP contribution is -2.37. The molecule has 1 aliphatic rings. The van der Waals surface area contributed by atoms with E-state index < -0.39 is 0 Å². The van der Waals surface area contributed by atoms with E-state index >= 15 is 0 Å². The van der Waals surface area contributed by atoms with Crippen molar-refractivity contribution in [3.05, 3.63) is 28.8 Å². The summed E-state index contributed by atoms with van der Waals surface area (Å²) in [6, 6.07) is 3.93. The Bertz CT molecular complexity index is 493. The van der Waals surface area contributed by atoms with Gasteiger partial charge in [-0.3, -0.25) is 9.69 Å². The Labute approximate surface area is 127 Å². The van der Waals surface area contributed by atoms with Crippen LogP contribution in [0, 0.1) is 13.8 Å². The molecule has 0 N–H and O–H groups in total. The van der Waals surface area contributed by atoms with Crippen LogP contribution in [0.5, 0.6) is 5.75 Å². The number of hydrogen-bond donors (Lipinski definition) is 0. The van der Waals surface area contributed by atoms with Crippen molar-refractivity contribution in [2.24, 2.45) is 0 Å². The molecule has 1 heterocycles. The first-order valence-electron chi connectivity index (χ1n) is 7.69. The Morgan fingerprint density at radius 3 is 2.57 bits per heavy atom. The Morgan fingerprint density at radius 2 is 1.90 bits per heavy atom. The molecule has 0 aliphatic carbocycles. The topological polar surface area (TPSA) is 38.8 Å².